The molecule has 0 aliphatic carbocycles. The van der Waals surface area contributed by atoms with Gasteiger partial charge in [0.25, 0.3) is 0 Å². The van der Waals surface area contributed by atoms with E-state index in [0.29, 0.717) is 6.42 Å². The van der Waals surface area contributed by atoms with E-state index in [9.17, 15) is 4.79 Å². The van der Waals surface area contributed by atoms with E-state index in [4.69, 9.17) is 5.11 Å². The predicted molar refractivity (Wildman–Crippen MR) is 22.2 cm³/mol. The summed E-state index contributed by atoms with van der Waals surface area (Å²) in [5.74, 6) is -0.836. The summed E-state index contributed by atoms with van der Waals surface area (Å²) in [5.41, 5.74) is 0. The molecule has 0 aliphatic heterocycles. The van der Waals surface area contributed by atoms with Crippen LogP contribution in [0.4, 0.5) is 0 Å². The molecule has 0 bridgehead atoms. The molecule has 2 heteroatoms. The van der Waals surface area contributed by atoms with Gasteiger partial charge >= 0.3 is 5.97 Å². The molecule has 0 aliphatic rings. The van der Waals surface area contributed by atoms with E-state index in [-0.39, 0.29) is 0 Å². The Morgan fingerprint density at radius 2 is 2.50 bits per heavy atom. The maximum Gasteiger partial charge on any atom is 0.307 e. The Kier molecular flexibility index (Phi) is 2.46. The van der Waals surface area contributed by atoms with Crippen molar-refractivity contribution in [1.29, 1.82) is 0 Å². The van der Waals surface area contributed by atoms with Crippen LogP contribution in [-0.4, -0.2) is 11.1 Å². The Bertz CT molecular complexity index is 49.5. The van der Waals surface area contributed by atoms with Crippen LogP contribution < -0.4 is 0 Å². The SMILES string of the molecule is CC[CH]C(=O)O. The van der Waals surface area contributed by atoms with Crippen molar-refractivity contribution in [2.75, 3.05) is 0 Å². The van der Waals surface area contributed by atoms with Crippen molar-refractivity contribution < 1.29 is 9.90 Å². The van der Waals surface area contributed by atoms with Crippen molar-refractivity contribution >= 4 is 5.97 Å². The number of hydrogen-bond donors (Lipinski definition) is 1. The highest BCUT2D eigenvalue weighted by atomic mass is 16.4. The molecule has 1 N–H and O–H groups in total. The molecule has 0 atom stereocenters. The molecule has 0 rings (SSSR count). The molecular formula is C4H7O2. The van der Waals surface area contributed by atoms with Gasteiger partial charge in [0.15, 0.2) is 0 Å². The van der Waals surface area contributed by atoms with E-state index in [2.05, 4.69) is 0 Å². The van der Waals surface area contributed by atoms with E-state index < -0.39 is 5.97 Å². The Balaban J connectivity index is 2.83. The molecule has 0 unspecified atom stereocenters. The molecule has 0 heterocycles. The zero-order valence-electron chi connectivity index (χ0n) is 3.64. The van der Waals surface area contributed by atoms with Gasteiger partial charge in [-0.3, -0.25) is 4.79 Å². The topological polar surface area (TPSA) is 37.3 Å². The first-order valence-corrected chi connectivity index (χ1v) is 1.83. The predicted octanol–water partition coefficient (Wildman–Crippen LogP) is 0.685. The lowest BCUT2D eigenvalue weighted by Crippen LogP contribution is -1.91. The van der Waals surface area contributed by atoms with E-state index in [0.717, 1.165) is 0 Å². The smallest absolute Gasteiger partial charge is 0.307 e. The summed E-state index contributed by atoms with van der Waals surface area (Å²) in [4.78, 5) is 9.54. The summed E-state index contributed by atoms with van der Waals surface area (Å²) in [6.45, 7) is 1.79. The van der Waals surface area contributed by atoms with E-state index >= 15 is 0 Å². The van der Waals surface area contributed by atoms with Crippen LogP contribution >= 0.6 is 0 Å². The van der Waals surface area contributed by atoms with Gasteiger partial charge in [-0.2, -0.15) is 0 Å². The lowest BCUT2D eigenvalue weighted by Gasteiger charge is -1.79. The van der Waals surface area contributed by atoms with Crippen molar-refractivity contribution in [1.82, 2.24) is 0 Å². The molecule has 0 fully saturated rings. The number of aliphatic carboxylic acids is 1. The average Bonchev–Trinajstić information content (AvgIpc) is 1.35. The van der Waals surface area contributed by atoms with Crippen LogP contribution in [0.25, 0.3) is 0 Å². The molecule has 6 heavy (non-hydrogen) atoms. The fraction of sp³-hybridized carbons (Fsp3) is 0.500. The van der Waals surface area contributed by atoms with Gasteiger partial charge in [-0.25, -0.2) is 0 Å². The highest BCUT2D eigenvalue weighted by molar-refractivity contribution is 5.76. The summed E-state index contributed by atoms with van der Waals surface area (Å²) in [5, 5.41) is 7.86. The lowest BCUT2D eigenvalue weighted by molar-refractivity contribution is -0.133. The van der Waals surface area contributed by atoms with Crippen LogP contribution in [0.2, 0.25) is 0 Å². The van der Waals surface area contributed by atoms with Gasteiger partial charge in [0.05, 0.1) is 6.42 Å². The summed E-state index contributed by atoms with van der Waals surface area (Å²) >= 11 is 0. The summed E-state index contributed by atoms with van der Waals surface area (Å²) in [6, 6.07) is 0. The third kappa shape index (κ3) is 3.47. The second kappa shape index (κ2) is 2.69. The van der Waals surface area contributed by atoms with Gasteiger partial charge in [0.2, 0.25) is 0 Å². The second-order valence-electron chi connectivity index (χ2n) is 0.951. The van der Waals surface area contributed by atoms with Gasteiger partial charge in [0, 0.05) is 0 Å². The molecule has 0 amide bonds. The molecule has 0 aromatic carbocycles. The van der Waals surface area contributed by atoms with E-state index in [1.165, 1.54) is 6.42 Å². The average molecular weight is 87.1 g/mol. The number of carbonyl (C=O) groups is 1. The lowest BCUT2D eigenvalue weighted by atomic mass is 10.4. The van der Waals surface area contributed by atoms with Crippen molar-refractivity contribution in [3.8, 4) is 0 Å². The zero-order chi connectivity index (χ0) is 4.99. The second-order valence-corrected chi connectivity index (χ2v) is 0.951. The molecule has 0 aromatic heterocycles. The number of carboxylic acid groups (broad SMARTS) is 1. The maximum atomic E-state index is 9.54. The summed E-state index contributed by atoms with van der Waals surface area (Å²) in [6.07, 6.45) is 1.81. The summed E-state index contributed by atoms with van der Waals surface area (Å²) < 4.78 is 0. The minimum Gasteiger partial charge on any atom is -0.481 e. The first-order valence-electron chi connectivity index (χ1n) is 1.83. The third-order valence-electron chi connectivity index (χ3n) is 0.379. The monoisotopic (exact) mass is 87.0 g/mol. The quantitative estimate of drug-likeness (QED) is 0.537. The van der Waals surface area contributed by atoms with Gasteiger partial charge in [0.1, 0.15) is 0 Å². The minimum atomic E-state index is -0.836. The van der Waals surface area contributed by atoms with Gasteiger partial charge in [-0.1, -0.05) is 6.92 Å². The standard InChI is InChI=1S/C4H7O2/c1-2-3-4(5)6/h3H,2H2,1H3,(H,5,6). The first-order chi connectivity index (χ1) is 2.77. The zero-order valence-corrected chi connectivity index (χ0v) is 3.64. The highest BCUT2D eigenvalue weighted by Gasteiger charge is 1.88. The van der Waals surface area contributed by atoms with Gasteiger partial charge in [-0.15, -0.1) is 0 Å². The molecule has 2 nitrogen and oxygen atoms in total. The van der Waals surface area contributed by atoms with Crippen LogP contribution in [0.15, 0.2) is 0 Å². The molecule has 1 radical (unpaired) electrons. The van der Waals surface area contributed by atoms with Crippen LogP contribution in [0.5, 0.6) is 0 Å². The minimum absolute atomic E-state index is 0.606. The largest absolute Gasteiger partial charge is 0.481 e. The van der Waals surface area contributed by atoms with Crippen molar-refractivity contribution in [3.05, 3.63) is 6.42 Å². The maximum absolute atomic E-state index is 9.54. The Hall–Kier alpha value is -0.530. The van der Waals surface area contributed by atoms with E-state index in [1.807, 2.05) is 0 Å². The van der Waals surface area contributed by atoms with Crippen molar-refractivity contribution in [2.45, 2.75) is 13.3 Å². The fourth-order valence-electron chi connectivity index (χ4n) is 0.175. The van der Waals surface area contributed by atoms with Gasteiger partial charge < -0.3 is 5.11 Å². The molecule has 0 aromatic rings. The van der Waals surface area contributed by atoms with Crippen LogP contribution in [-0.2, 0) is 4.79 Å². The van der Waals surface area contributed by atoms with Crippen LogP contribution in [0.1, 0.15) is 13.3 Å². The molecular weight excluding hydrogens is 80.0 g/mol. The third-order valence-corrected chi connectivity index (χ3v) is 0.379. The normalized spacial score (nSPS) is 8.17. The number of rotatable bonds is 2. The Morgan fingerprint density at radius 1 is 2.00 bits per heavy atom. The Labute approximate surface area is 36.8 Å². The van der Waals surface area contributed by atoms with E-state index in [1.54, 1.807) is 6.92 Å². The van der Waals surface area contributed by atoms with Crippen molar-refractivity contribution in [3.63, 3.8) is 0 Å². The highest BCUT2D eigenvalue weighted by Crippen LogP contribution is 1.79. The first kappa shape index (κ1) is 5.47. The van der Waals surface area contributed by atoms with Gasteiger partial charge in [-0.05, 0) is 6.42 Å². The molecule has 0 saturated carbocycles. The molecule has 35 valence electrons. The van der Waals surface area contributed by atoms with Crippen molar-refractivity contribution in [2.24, 2.45) is 0 Å². The van der Waals surface area contributed by atoms with Crippen LogP contribution in [0.3, 0.4) is 0 Å². The number of hydrogen-bond acceptors (Lipinski definition) is 1. The molecule has 0 saturated heterocycles. The summed E-state index contributed by atoms with van der Waals surface area (Å²) in [7, 11) is 0. The molecule has 0 spiro atoms. The Morgan fingerprint density at radius 3 is 2.50 bits per heavy atom. The number of carboxylic acids is 1. The van der Waals surface area contributed by atoms with Crippen LogP contribution in [0, 0.1) is 6.42 Å². The fourth-order valence-corrected chi connectivity index (χ4v) is 0.175.